The molecule has 0 radical (unpaired) electrons. The van der Waals surface area contributed by atoms with E-state index >= 15 is 0 Å². The zero-order chi connectivity index (χ0) is 13.1. The monoisotopic (exact) mass is 257 g/mol. The molecule has 1 saturated carbocycles. The molecule has 0 amide bonds. The highest BCUT2D eigenvalue weighted by Crippen LogP contribution is 2.24. The van der Waals surface area contributed by atoms with Crippen LogP contribution >= 0.6 is 0 Å². The molecule has 1 N–H and O–H groups in total. The van der Waals surface area contributed by atoms with Gasteiger partial charge in [-0.05, 0) is 25.8 Å². The third-order valence-electron chi connectivity index (χ3n) is 3.26. The van der Waals surface area contributed by atoms with E-state index in [9.17, 15) is 4.79 Å². The van der Waals surface area contributed by atoms with Crippen LogP contribution in [0.15, 0.2) is 0 Å². The Kier molecular flexibility index (Phi) is 8.86. The van der Waals surface area contributed by atoms with Crippen molar-refractivity contribution in [2.75, 3.05) is 32.9 Å². The van der Waals surface area contributed by atoms with Crippen molar-refractivity contribution in [3.8, 4) is 0 Å². The summed E-state index contributed by atoms with van der Waals surface area (Å²) in [5.41, 5.74) is 0. The number of rotatable bonds is 9. The van der Waals surface area contributed by atoms with Crippen LogP contribution in [0.25, 0.3) is 0 Å². The van der Waals surface area contributed by atoms with Gasteiger partial charge in [-0.3, -0.25) is 4.79 Å². The summed E-state index contributed by atoms with van der Waals surface area (Å²) in [5, 5.41) is 3.25. The van der Waals surface area contributed by atoms with Crippen molar-refractivity contribution < 1.29 is 14.3 Å². The maximum atomic E-state index is 11.7. The molecule has 0 aromatic carbocycles. The Hall–Kier alpha value is -0.610. The zero-order valence-corrected chi connectivity index (χ0v) is 11.6. The van der Waals surface area contributed by atoms with Crippen LogP contribution in [-0.4, -0.2) is 38.9 Å². The molecule has 0 unspecified atom stereocenters. The molecule has 0 atom stereocenters. The molecule has 0 aliphatic heterocycles. The topological polar surface area (TPSA) is 47.6 Å². The average Bonchev–Trinajstić information content (AvgIpc) is 2.42. The highest BCUT2D eigenvalue weighted by Gasteiger charge is 2.21. The standard InChI is InChI=1S/C14H27NO3/c1-2-8-15-9-10-17-11-12-18-14(16)13-6-4-3-5-7-13/h13,15H,2-12H2,1H3. The van der Waals surface area contributed by atoms with Gasteiger partial charge in [-0.15, -0.1) is 0 Å². The van der Waals surface area contributed by atoms with Crippen LogP contribution in [0.4, 0.5) is 0 Å². The van der Waals surface area contributed by atoms with E-state index in [0.717, 1.165) is 32.4 Å². The Morgan fingerprint density at radius 2 is 1.89 bits per heavy atom. The molecule has 0 bridgehead atoms. The van der Waals surface area contributed by atoms with Gasteiger partial charge in [0.05, 0.1) is 19.1 Å². The predicted octanol–water partition coefficient (Wildman–Crippen LogP) is 2.13. The number of hydrogen-bond acceptors (Lipinski definition) is 4. The second kappa shape index (κ2) is 10.3. The van der Waals surface area contributed by atoms with Crippen molar-refractivity contribution >= 4 is 5.97 Å². The van der Waals surface area contributed by atoms with Gasteiger partial charge in [0.2, 0.25) is 0 Å². The van der Waals surface area contributed by atoms with Gasteiger partial charge in [-0.1, -0.05) is 26.2 Å². The van der Waals surface area contributed by atoms with Gasteiger partial charge >= 0.3 is 5.97 Å². The van der Waals surface area contributed by atoms with Crippen molar-refractivity contribution in [3.05, 3.63) is 0 Å². The molecule has 1 aliphatic carbocycles. The van der Waals surface area contributed by atoms with E-state index in [1.807, 2.05) is 0 Å². The number of nitrogens with one attached hydrogen (secondary N) is 1. The fourth-order valence-corrected chi connectivity index (χ4v) is 2.21. The van der Waals surface area contributed by atoms with Crippen molar-refractivity contribution in [1.29, 1.82) is 0 Å². The van der Waals surface area contributed by atoms with Crippen LogP contribution in [0.2, 0.25) is 0 Å². The van der Waals surface area contributed by atoms with Crippen molar-refractivity contribution in [2.24, 2.45) is 5.92 Å². The fraction of sp³-hybridized carbons (Fsp3) is 0.929. The summed E-state index contributed by atoms with van der Waals surface area (Å²) in [7, 11) is 0. The molecular formula is C14H27NO3. The highest BCUT2D eigenvalue weighted by molar-refractivity contribution is 5.72. The second-order valence-corrected chi connectivity index (χ2v) is 4.86. The van der Waals surface area contributed by atoms with E-state index < -0.39 is 0 Å². The van der Waals surface area contributed by atoms with E-state index in [-0.39, 0.29) is 11.9 Å². The van der Waals surface area contributed by atoms with Crippen LogP contribution in [0, 0.1) is 5.92 Å². The quantitative estimate of drug-likeness (QED) is 0.508. The van der Waals surface area contributed by atoms with Gasteiger partial charge in [-0.25, -0.2) is 0 Å². The van der Waals surface area contributed by atoms with Crippen LogP contribution in [-0.2, 0) is 14.3 Å². The molecule has 1 aliphatic rings. The smallest absolute Gasteiger partial charge is 0.309 e. The molecule has 18 heavy (non-hydrogen) atoms. The molecule has 0 saturated heterocycles. The lowest BCUT2D eigenvalue weighted by Gasteiger charge is -2.19. The van der Waals surface area contributed by atoms with Crippen LogP contribution < -0.4 is 5.32 Å². The summed E-state index contributed by atoms with van der Waals surface area (Å²) >= 11 is 0. The van der Waals surface area contributed by atoms with Gasteiger partial charge in [-0.2, -0.15) is 0 Å². The van der Waals surface area contributed by atoms with E-state index in [2.05, 4.69) is 12.2 Å². The summed E-state index contributed by atoms with van der Waals surface area (Å²) in [6.45, 7) is 5.61. The lowest BCUT2D eigenvalue weighted by Crippen LogP contribution is -2.23. The van der Waals surface area contributed by atoms with Crippen LogP contribution in [0.1, 0.15) is 45.4 Å². The first-order valence-electron chi connectivity index (χ1n) is 7.29. The van der Waals surface area contributed by atoms with E-state index in [4.69, 9.17) is 9.47 Å². The Balaban J connectivity index is 1.89. The Morgan fingerprint density at radius 1 is 1.11 bits per heavy atom. The number of carbonyl (C=O) groups excluding carboxylic acids is 1. The fourth-order valence-electron chi connectivity index (χ4n) is 2.21. The van der Waals surface area contributed by atoms with Gasteiger partial charge in [0.1, 0.15) is 6.61 Å². The first-order valence-corrected chi connectivity index (χ1v) is 7.29. The number of ether oxygens (including phenoxy) is 2. The maximum Gasteiger partial charge on any atom is 0.309 e. The summed E-state index contributed by atoms with van der Waals surface area (Å²) in [6, 6.07) is 0. The summed E-state index contributed by atoms with van der Waals surface area (Å²) in [5.74, 6) is 0.118. The van der Waals surface area contributed by atoms with Gasteiger partial charge < -0.3 is 14.8 Å². The molecule has 1 rings (SSSR count). The zero-order valence-electron chi connectivity index (χ0n) is 11.6. The SMILES string of the molecule is CCCNCCOCCOC(=O)C1CCCCC1. The Bertz CT molecular complexity index is 215. The molecule has 1 fully saturated rings. The molecule has 106 valence electrons. The average molecular weight is 257 g/mol. The lowest BCUT2D eigenvalue weighted by atomic mass is 9.89. The van der Waals surface area contributed by atoms with Crippen molar-refractivity contribution in [2.45, 2.75) is 45.4 Å². The number of hydrogen-bond donors (Lipinski definition) is 1. The van der Waals surface area contributed by atoms with E-state index in [0.29, 0.717) is 19.8 Å². The Labute approximate surface area is 110 Å². The highest BCUT2D eigenvalue weighted by atomic mass is 16.6. The van der Waals surface area contributed by atoms with Crippen molar-refractivity contribution in [1.82, 2.24) is 5.32 Å². The van der Waals surface area contributed by atoms with Gasteiger partial charge in [0.25, 0.3) is 0 Å². The van der Waals surface area contributed by atoms with Crippen LogP contribution in [0.5, 0.6) is 0 Å². The third-order valence-corrected chi connectivity index (χ3v) is 3.26. The molecule has 0 heterocycles. The minimum absolute atomic E-state index is 0.0255. The minimum Gasteiger partial charge on any atom is -0.463 e. The molecule has 4 heteroatoms. The number of esters is 1. The predicted molar refractivity (Wildman–Crippen MR) is 71.5 cm³/mol. The van der Waals surface area contributed by atoms with E-state index in [1.165, 1.54) is 19.3 Å². The summed E-state index contributed by atoms with van der Waals surface area (Å²) in [4.78, 5) is 11.7. The third kappa shape index (κ3) is 6.97. The van der Waals surface area contributed by atoms with Crippen molar-refractivity contribution in [3.63, 3.8) is 0 Å². The molecular weight excluding hydrogens is 230 g/mol. The lowest BCUT2D eigenvalue weighted by molar-refractivity contribution is -0.151. The van der Waals surface area contributed by atoms with Gasteiger partial charge in [0, 0.05) is 6.54 Å². The molecule has 0 spiro atoms. The summed E-state index contributed by atoms with van der Waals surface area (Å²) < 4.78 is 10.6. The molecule has 4 nitrogen and oxygen atoms in total. The van der Waals surface area contributed by atoms with Crippen LogP contribution in [0.3, 0.4) is 0 Å². The first kappa shape index (κ1) is 15.4. The maximum absolute atomic E-state index is 11.7. The Morgan fingerprint density at radius 3 is 2.61 bits per heavy atom. The molecule has 0 aromatic heterocycles. The summed E-state index contributed by atoms with van der Waals surface area (Å²) in [6.07, 6.45) is 6.73. The molecule has 0 aromatic rings. The van der Waals surface area contributed by atoms with E-state index in [1.54, 1.807) is 0 Å². The largest absolute Gasteiger partial charge is 0.463 e. The second-order valence-electron chi connectivity index (χ2n) is 4.86. The first-order chi connectivity index (χ1) is 8.84. The number of carbonyl (C=O) groups is 1. The minimum atomic E-state index is -0.0255. The van der Waals surface area contributed by atoms with Gasteiger partial charge in [0.15, 0.2) is 0 Å². The normalized spacial score (nSPS) is 16.7.